The van der Waals surface area contributed by atoms with Gasteiger partial charge in [-0.05, 0) is 30.7 Å². The molecule has 2 aromatic rings. The molecule has 0 aliphatic carbocycles. The molecule has 2 rings (SSSR count). The fourth-order valence-electron chi connectivity index (χ4n) is 2.34. The summed E-state index contributed by atoms with van der Waals surface area (Å²) in [6.45, 7) is 4.23. The van der Waals surface area contributed by atoms with Crippen LogP contribution in [0.2, 0.25) is 0 Å². The van der Waals surface area contributed by atoms with Gasteiger partial charge in [0.1, 0.15) is 22.6 Å². The van der Waals surface area contributed by atoms with Crippen molar-refractivity contribution in [1.29, 1.82) is 0 Å². The second kappa shape index (κ2) is 13.2. The van der Waals surface area contributed by atoms with E-state index < -0.39 is 11.9 Å². The molecule has 166 valence electrons. The number of para-hydroxylation sites is 2. The summed E-state index contributed by atoms with van der Waals surface area (Å²) < 4.78 is 15.5. The van der Waals surface area contributed by atoms with E-state index in [1.54, 1.807) is 36.4 Å². The Labute approximate surface area is 180 Å². The number of hydrogen-bond donors (Lipinski definition) is 0. The largest absolute Gasteiger partial charge is 0.496 e. The molecule has 0 atom stereocenters. The van der Waals surface area contributed by atoms with Gasteiger partial charge in [0.15, 0.2) is 0 Å². The molecule has 0 spiro atoms. The second-order valence-corrected chi connectivity index (χ2v) is 5.90. The summed E-state index contributed by atoms with van der Waals surface area (Å²) in [5.41, 5.74) is 0.285. The highest BCUT2D eigenvalue weighted by atomic mass is 17.3. The van der Waals surface area contributed by atoms with Crippen molar-refractivity contribution in [1.82, 2.24) is 0 Å². The van der Waals surface area contributed by atoms with Crippen LogP contribution in [0.15, 0.2) is 48.5 Å². The van der Waals surface area contributed by atoms with Crippen molar-refractivity contribution >= 4 is 11.9 Å². The fourth-order valence-corrected chi connectivity index (χ4v) is 2.34. The molecular weight excluding hydrogens is 408 g/mol. The summed E-state index contributed by atoms with van der Waals surface area (Å²) in [4.78, 5) is 44.1. The molecule has 2 radical (unpaired) electrons. The van der Waals surface area contributed by atoms with Gasteiger partial charge in [0.2, 0.25) is 0 Å². The van der Waals surface area contributed by atoms with Gasteiger partial charge >= 0.3 is 18.2 Å². The Bertz CT molecular complexity index is 774. The van der Waals surface area contributed by atoms with Crippen LogP contribution in [0.4, 0.5) is 0 Å². The fraction of sp³-hybridized carbons (Fsp3) is 0.273. The van der Waals surface area contributed by atoms with Gasteiger partial charge in [-0.3, -0.25) is 9.78 Å². The summed E-state index contributed by atoms with van der Waals surface area (Å²) in [5.74, 6) is -1.04. The monoisotopic (exact) mass is 432 g/mol. The Kier molecular flexibility index (Phi) is 10.3. The van der Waals surface area contributed by atoms with Gasteiger partial charge in [0.05, 0.1) is 20.8 Å². The lowest BCUT2D eigenvalue weighted by atomic mass is 10.2. The predicted molar refractivity (Wildman–Crippen MR) is 108 cm³/mol. The molecule has 0 amide bonds. The van der Waals surface area contributed by atoms with Gasteiger partial charge in [0, 0.05) is 13.0 Å². The molecule has 0 heterocycles. The lowest BCUT2D eigenvalue weighted by Gasteiger charge is -2.14. The Morgan fingerprint density at radius 2 is 1.23 bits per heavy atom. The van der Waals surface area contributed by atoms with Crippen molar-refractivity contribution in [3.05, 3.63) is 72.9 Å². The normalized spacial score (nSPS) is 10.6. The summed E-state index contributed by atoms with van der Waals surface area (Å²) in [5, 5.41) is 0. The van der Waals surface area contributed by atoms with Crippen LogP contribution >= 0.6 is 0 Å². The first-order valence-electron chi connectivity index (χ1n) is 9.37. The summed E-state index contributed by atoms with van der Waals surface area (Å²) in [6.07, 6.45) is 0.302. The zero-order chi connectivity index (χ0) is 22.5. The molecule has 0 saturated carbocycles. The van der Waals surface area contributed by atoms with Crippen LogP contribution in [-0.4, -0.2) is 39.4 Å². The van der Waals surface area contributed by atoms with Crippen molar-refractivity contribution in [2.75, 3.05) is 27.4 Å². The molecule has 0 aliphatic rings. The molecule has 0 saturated heterocycles. The SMILES string of the molecule is [CH2]CCOCC[C](OOC(=O)c1ccccc1OC)OOC(=O)c1ccccc1OC. The number of benzene rings is 2. The predicted octanol–water partition coefficient (Wildman–Crippen LogP) is 3.70. The zero-order valence-corrected chi connectivity index (χ0v) is 17.3. The molecular formula is C22H24O9. The minimum absolute atomic E-state index is 0.0262. The number of rotatable bonds is 13. The zero-order valence-electron chi connectivity index (χ0n) is 17.3. The van der Waals surface area contributed by atoms with Crippen LogP contribution in [0.5, 0.6) is 11.5 Å². The Morgan fingerprint density at radius 3 is 1.68 bits per heavy atom. The number of carbonyl (C=O) groups is 2. The van der Waals surface area contributed by atoms with E-state index in [1.807, 2.05) is 0 Å². The van der Waals surface area contributed by atoms with E-state index in [9.17, 15) is 9.59 Å². The van der Waals surface area contributed by atoms with Crippen LogP contribution in [0.1, 0.15) is 33.6 Å². The number of ether oxygens (including phenoxy) is 3. The average molecular weight is 432 g/mol. The molecule has 0 aromatic heterocycles. The summed E-state index contributed by atoms with van der Waals surface area (Å²) in [6, 6.07) is 12.9. The lowest BCUT2D eigenvalue weighted by Crippen LogP contribution is -2.18. The van der Waals surface area contributed by atoms with E-state index in [0.29, 0.717) is 24.5 Å². The van der Waals surface area contributed by atoms with Crippen LogP contribution < -0.4 is 9.47 Å². The maximum Gasteiger partial charge on any atom is 0.376 e. The smallest absolute Gasteiger partial charge is 0.376 e. The van der Waals surface area contributed by atoms with Gasteiger partial charge in [-0.15, -0.1) is 9.78 Å². The first-order valence-corrected chi connectivity index (χ1v) is 9.37. The third kappa shape index (κ3) is 7.56. The quantitative estimate of drug-likeness (QED) is 0.266. The lowest BCUT2D eigenvalue weighted by molar-refractivity contribution is -0.364. The second-order valence-electron chi connectivity index (χ2n) is 5.90. The summed E-state index contributed by atoms with van der Waals surface area (Å²) >= 11 is 0. The van der Waals surface area contributed by atoms with E-state index >= 15 is 0 Å². The minimum Gasteiger partial charge on any atom is -0.496 e. The van der Waals surface area contributed by atoms with Crippen LogP contribution in [0.25, 0.3) is 0 Å². The Balaban J connectivity index is 1.97. The first-order chi connectivity index (χ1) is 15.1. The average Bonchev–Trinajstić information content (AvgIpc) is 2.82. The molecule has 0 N–H and O–H groups in total. The highest BCUT2D eigenvalue weighted by molar-refractivity contribution is 5.92. The molecule has 0 fully saturated rings. The van der Waals surface area contributed by atoms with Crippen molar-refractivity contribution in [2.24, 2.45) is 0 Å². The third-order valence-corrected chi connectivity index (χ3v) is 3.81. The van der Waals surface area contributed by atoms with Crippen LogP contribution in [0.3, 0.4) is 0 Å². The van der Waals surface area contributed by atoms with E-state index in [4.69, 9.17) is 33.8 Å². The molecule has 31 heavy (non-hydrogen) atoms. The minimum atomic E-state index is -0.826. The molecule has 9 heteroatoms. The maximum absolute atomic E-state index is 12.3. The van der Waals surface area contributed by atoms with Crippen molar-refractivity contribution in [3.8, 4) is 11.5 Å². The highest BCUT2D eigenvalue weighted by Crippen LogP contribution is 2.22. The van der Waals surface area contributed by atoms with E-state index in [-0.39, 0.29) is 30.4 Å². The number of methoxy groups -OCH3 is 2. The van der Waals surface area contributed by atoms with Crippen LogP contribution in [0, 0.1) is 13.2 Å². The van der Waals surface area contributed by atoms with Gasteiger partial charge in [0.25, 0.3) is 0 Å². The van der Waals surface area contributed by atoms with Gasteiger partial charge in [-0.2, -0.15) is 0 Å². The standard InChI is InChI=1S/C22H24O9/c1-4-14-27-15-13-20(28-30-21(23)16-9-5-7-11-18(16)25-2)29-31-22(24)17-10-6-8-12-19(17)26-3/h5-12H,1,4,13-15H2,2-3H3. The van der Waals surface area contributed by atoms with E-state index in [0.717, 1.165) is 0 Å². The molecule has 0 unspecified atom stereocenters. The van der Waals surface area contributed by atoms with Crippen molar-refractivity contribution in [3.63, 3.8) is 0 Å². The number of hydrogen-bond acceptors (Lipinski definition) is 9. The maximum atomic E-state index is 12.3. The van der Waals surface area contributed by atoms with Crippen molar-refractivity contribution < 1.29 is 43.3 Å². The number of carbonyl (C=O) groups excluding carboxylic acids is 2. The van der Waals surface area contributed by atoms with Gasteiger partial charge in [-0.1, -0.05) is 31.2 Å². The van der Waals surface area contributed by atoms with Crippen molar-refractivity contribution in [2.45, 2.75) is 12.8 Å². The summed E-state index contributed by atoms with van der Waals surface area (Å²) in [7, 11) is 2.84. The third-order valence-electron chi connectivity index (χ3n) is 3.81. The van der Waals surface area contributed by atoms with E-state index in [2.05, 4.69) is 6.92 Å². The topological polar surface area (TPSA) is 98.8 Å². The van der Waals surface area contributed by atoms with E-state index in [1.165, 1.54) is 26.4 Å². The Hall–Kier alpha value is -3.14. The molecule has 9 nitrogen and oxygen atoms in total. The highest BCUT2D eigenvalue weighted by Gasteiger charge is 2.24. The van der Waals surface area contributed by atoms with Crippen LogP contribution in [-0.2, 0) is 24.3 Å². The Morgan fingerprint density at radius 1 is 0.742 bits per heavy atom. The van der Waals surface area contributed by atoms with Gasteiger partial charge in [-0.25, -0.2) is 9.59 Å². The first kappa shape index (κ1) is 24.1. The molecule has 0 bridgehead atoms. The molecule has 2 aromatic carbocycles. The van der Waals surface area contributed by atoms with Gasteiger partial charge < -0.3 is 14.2 Å². The molecule has 0 aliphatic heterocycles.